The van der Waals surface area contributed by atoms with Crippen LogP contribution in [0.2, 0.25) is 0 Å². The molecule has 8 aromatic carbocycles. The van der Waals surface area contributed by atoms with Crippen LogP contribution in [0.5, 0.6) is 0 Å². The molecule has 0 fully saturated rings. The van der Waals surface area contributed by atoms with Crippen LogP contribution >= 0.6 is 0 Å². The highest BCUT2D eigenvalue weighted by atomic mass is 15.2. The minimum Gasteiger partial charge on any atom is -0.309 e. The first kappa shape index (κ1) is 32.4. The molecular weight excluding hydrogens is 707 g/mol. The molecule has 0 amide bonds. The summed E-state index contributed by atoms with van der Waals surface area (Å²) in [6, 6.07) is 69.1. The molecule has 12 aromatic rings. The molecule has 12 rings (SSSR count). The van der Waals surface area contributed by atoms with Gasteiger partial charge in [0, 0.05) is 44.4 Å². The van der Waals surface area contributed by atoms with Crippen molar-refractivity contribution in [2.45, 2.75) is 0 Å². The molecule has 5 nitrogen and oxygen atoms in total. The number of fused-ring (bicyclic) bond motifs is 9. The Morgan fingerprint density at radius 1 is 0.362 bits per heavy atom. The van der Waals surface area contributed by atoms with Crippen molar-refractivity contribution in [1.82, 2.24) is 24.1 Å². The SMILES string of the molecule is c1ccc(-c2ccc(-c3nc(-n4c5ccccc5c5cc(-c6cc7c8ccccc8n(-c8ccccc8)c7c7ccccc67)ccc54)nc4cccnc34)cc2)cc1. The topological polar surface area (TPSA) is 48.5 Å². The summed E-state index contributed by atoms with van der Waals surface area (Å²) >= 11 is 0. The van der Waals surface area contributed by atoms with Gasteiger partial charge in [-0.2, -0.15) is 0 Å². The number of hydrogen-bond acceptors (Lipinski definition) is 3. The molecule has 5 heteroatoms. The second-order valence-corrected chi connectivity index (χ2v) is 14.8. The zero-order valence-corrected chi connectivity index (χ0v) is 31.3. The lowest BCUT2D eigenvalue weighted by atomic mass is 9.94. The number of aromatic nitrogens is 5. The first-order chi connectivity index (χ1) is 28.8. The zero-order valence-electron chi connectivity index (χ0n) is 31.3. The average molecular weight is 740 g/mol. The fourth-order valence-corrected chi connectivity index (χ4v) is 8.97. The number of nitrogens with zero attached hydrogens (tertiary/aromatic N) is 5. The molecule has 0 bridgehead atoms. The Kier molecular flexibility index (Phi) is 7.16. The van der Waals surface area contributed by atoms with Gasteiger partial charge in [0.1, 0.15) is 11.2 Å². The molecule has 58 heavy (non-hydrogen) atoms. The Balaban J connectivity index is 1.07. The van der Waals surface area contributed by atoms with Crippen LogP contribution in [-0.4, -0.2) is 24.1 Å². The quantitative estimate of drug-likeness (QED) is 0.177. The molecule has 0 saturated heterocycles. The van der Waals surface area contributed by atoms with E-state index in [4.69, 9.17) is 15.0 Å². The largest absolute Gasteiger partial charge is 0.309 e. The smallest absolute Gasteiger partial charge is 0.235 e. The van der Waals surface area contributed by atoms with Crippen LogP contribution in [0.15, 0.2) is 200 Å². The van der Waals surface area contributed by atoms with Crippen LogP contribution in [-0.2, 0) is 0 Å². The monoisotopic (exact) mass is 739 g/mol. The maximum Gasteiger partial charge on any atom is 0.235 e. The molecule has 0 saturated carbocycles. The van der Waals surface area contributed by atoms with Crippen molar-refractivity contribution in [1.29, 1.82) is 0 Å². The van der Waals surface area contributed by atoms with E-state index in [1.807, 2.05) is 24.4 Å². The molecule has 0 radical (unpaired) electrons. The van der Waals surface area contributed by atoms with Gasteiger partial charge in [0.05, 0.1) is 27.6 Å². The van der Waals surface area contributed by atoms with Gasteiger partial charge in [-0.15, -0.1) is 0 Å². The Morgan fingerprint density at radius 3 is 1.72 bits per heavy atom. The van der Waals surface area contributed by atoms with Gasteiger partial charge in [0.2, 0.25) is 5.95 Å². The van der Waals surface area contributed by atoms with Crippen molar-refractivity contribution in [3.05, 3.63) is 200 Å². The summed E-state index contributed by atoms with van der Waals surface area (Å²) in [5, 5.41) is 7.20. The number of pyridine rings is 1. The Morgan fingerprint density at radius 2 is 0.948 bits per heavy atom. The highest BCUT2D eigenvalue weighted by Crippen LogP contribution is 2.43. The third kappa shape index (κ3) is 4.93. The molecule has 270 valence electrons. The predicted molar refractivity (Wildman–Crippen MR) is 240 cm³/mol. The molecule has 0 spiro atoms. The molecule has 0 unspecified atom stereocenters. The van der Waals surface area contributed by atoms with Gasteiger partial charge in [-0.3, -0.25) is 9.55 Å². The van der Waals surface area contributed by atoms with Crippen molar-refractivity contribution in [3.8, 4) is 45.1 Å². The van der Waals surface area contributed by atoms with Crippen LogP contribution in [0.3, 0.4) is 0 Å². The van der Waals surface area contributed by atoms with E-state index in [1.165, 1.54) is 43.7 Å². The zero-order chi connectivity index (χ0) is 38.2. The van der Waals surface area contributed by atoms with Gasteiger partial charge >= 0.3 is 0 Å². The lowest BCUT2D eigenvalue weighted by molar-refractivity contribution is 1.01. The van der Waals surface area contributed by atoms with Gasteiger partial charge in [-0.1, -0.05) is 140 Å². The number of para-hydroxylation sites is 3. The van der Waals surface area contributed by atoms with Crippen molar-refractivity contribution >= 4 is 65.4 Å². The molecular formula is C53H33N5. The summed E-state index contributed by atoms with van der Waals surface area (Å²) < 4.78 is 4.62. The minimum atomic E-state index is 0.613. The van der Waals surface area contributed by atoms with Crippen molar-refractivity contribution in [2.75, 3.05) is 0 Å². The van der Waals surface area contributed by atoms with E-state index in [9.17, 15) is 0 Å². The fourth-order valence-electron chi connectivity index (χ4n) is 8.97. The summed E-state index contributed by atoms with van der Waals surface area (Å²) in [7, 11) is 0. The summed E-state index contributed by atoms with van der Waals surface area (Å²) in [4.78, 5) is 15.3. The third-order valence-corrected chi connectivity index (χ3v) is 11.6. The fraction of sp³-hybridized carbons (Fsp3) is 0. The van der Waals surface area contributed by atoms with Gasteiger partial charge < -0.3 is 4.57 Å². The maximum atomic E-state index is 5.32. The van der Waals surface area contributed by atoms with E-state index >= 15 is 0 Å². The van der Waals surface area contributed by atoms with Crippen LogP contribution in [0, 0.1) is 0 Å². The molecule has 0 N–H and O–H groups in total. The standard InChI is InChI=1S/C53H33N5/c1-3-14-34(15-4-1)35-25-27-36(28-26-35)50-51-46(22-13-31-54-51)55-53(56-50)58-48-24-12-9-19-40(48)44-32-37(29-30-49(44)58)43-33-45-41-20-10-11-23-47(41)57(38-16-5-2-6-17-38)52(45)42-21-8-7-18-39(42)43/h1-33H. The van der Waals surface area contributed by atoms with Crippen molar-refractivity contribution < 1.29 is 0 Å². The second-order valence-electron chi connectivity index (χ2n) is 14.8. The number of benzene rings is 8. The third-order valence-electron chi connectivity index (χ3n) is 11.6. The van der Waals surface area contributed by atoms with E-state index in [2.05, 4.69) is 185 Å². The van der Waals surface area contributed by atoms with E-state index in [1.54, 1.807) is 0 Å². The number of rotatable bonds is 5. The van der Waals surface area contributed by atoms with Crippen LogP contribution in [0.4, 0.5) is 0 Å². The van der Waals surface area contributed by atoms with Crippen LogP contribution in [0.1, 0.15) is 0 Å². The number of hydrogen-bond donors (Lipinski definition) is 0. The molecule has 4 aromatic heterocycles. The Hall–Kier alpha value is -7.89. The Labute approximate surface area is 333 Å². The molecule has 0 aliphatic rings. The summed E-state index contributed by atoms with van der Waals surface area (Å²) in [5.41, 5.74) is 13.7. The van der Waals surface area contributed by atoms with E-state index in [0.29, 0.717) is 5.95 Å². The van der Waals surface area contributed by atoms with Gasteiger partial charge in [0.15, 0.2) is 0 Å². The maximum absolute atomic E-state index is 5.32. The van der Waals surface area contributed by atoms with Crippen molar-refractivity contribution in [3.63, 3.8) is 0 Å². The summed E-state index contributed by atoms with van der Waals surface area (Å²) in [6.07, 6.45) is 1.82. The van der Waals surface area contributed by atoms with E-state index < -0.39 is 0 Å². The molecule has 0 aliphatic carbocycles. The highest BCUT2D eigenvalue weighted by Gasteiger charge is 2.21. The van der Waals surface area contributed by atoms with Gasteiger partial charge in [-0.05, 0) is 82.2 Å². The van der Waals surface area contributed by atoms with Crippen LogP contribution < -0.4 is 0 Å². The average Bonchev–Trinajstić information content (AvgIpc) is 3.82. The molecule has 0 atom stereocenters. The normalized spacial score (nSPS) is 11.8. The lowest BCUT2D eigenvalue weighted by Gasteiger charge is -2.13. The molecule has 4 heterocycles. The molecule has 0 aliphatic heterocycles. The van der Waals surface area contributed by atoms with Gasteiger partial charge in [-0.25, -0.2) is 9.97 Å². The minimum absolute atomic E-state index is 0.613. The lowest BCUT2D eigenvalue weighted by Crippen LogP contribution is -2.04. The highest BCUT2D eigenvalue weighted by molar-refractivity contribution is 6.22. The Bertz CT molecular complexity index is 3550. The first-order valence-electron chi connectivity index (χ1n) is 19.6. The van der Waals surface area contributed by atoms with E-state index in [-0.39, 0.29) is 0 Å². The summed E-state index contributed by atoms with van der Waals surface area (Å²) in [6.45, 7) is 0. The van der Waals surface area contributed by atoms with E-state index in [0.717, 1.165) is 60.9 Å². The predicted octanol–water partition coefficient (Wildman–Crippen LogP) is 13.4. The van der Waals surface area contributed by atoms with Crippen molar-refractivity contribution in [2.24, 2.45) is 0 Å². The summed E-state index contributed by atoms with van der Waals surface area (Å²) in [5.74, 6) is 0.613. The second kappa shape index (κ2) is 12.8. The van der Waals surface area contributed by atoms with Crippen LogP contribution in [0.25, 0.3) is 111 Å². The van der Waals surface area contributed by atoms with Gasteiger partial charge in [0.25, 0.3) is 0 Å². The first-order valence-corrected chi connectivity index (χ1v) is 19.6.